The van der Waals surface area contributed by atoms with E-state index < -0.39 is 11.0 Å². The van der Waals surface area contributed by atoms with Gasteiger partial charge in [0, 0.05) is 18.3 Å². The van der Waals surface area contributed by atoms with Gasteiger partial charge in [0.15, 0.2) is 0 Å². The molecule has 4 aromatic rings. The Labute approximate surface area is 220 Å². The van der Waals surface area contributed by atoms with Crippen LogP contribution in [0.1, 0.15) is 22.3 Å². The standard InChI is InChI=1S/C32H27BrO3/c1-35-31(33)29(27(23-15-7-3-8-16-23)24-17-9-4-10-18-24)30(32(34)36-2)28(25-19-11-5-12-20-25)26-21-13-6-14-22-26/h3-22,31H,1-2H3. The summed E-state index contributed by atoms with van der Waals surface area (Å²) >= 11 is 3.73. The van der Waals surface area contributed by atoms with Gasteiger partial charge in [0.1, 0.15) is 5.01 Å². The molecule has 1 unspecified atom stereocenters. The smallest absolute Gasteiger partial charge is 0.338 e. The van der Waals surface area contributed by atoms with E-state index in [9.17, 15) is 4.79 Å². The van der Waals surface area contributed by atoms with Gasteiger partial charge in [-0.25, -0.2) is 4.79 Å². The van der Waals surface area contributed by atoms with Crippen molar-refractivity contribution >= 4 is 33.0 Å². The molecule has 0 aliphatic heterocycles. The molecule has 0 N–H and O–H groups in total. The number of hydrogen-bond acceptors (Lipinski definition) is 3. The predicted molar refractivity (Wildman–Crippen MR) is 150 cm³/mol. The highest BCUT2D eigenvalue weighted by atomic mass is 79.9. The van der Waals surface area contributed by atoms with Crippen LogP contribution in [-0.2, 0) is 14.3 Å². The maximum atomic E-state index is 13.7. The highest BCUT2D eigenvalue weighted by molar-refractivity contribution is 9.09. The van der Waals surface area contributed by atoms with Crippen LogP contribution < -0.4 is 0 Å². The molecule has 0 aliphatic rings. The summed E-state index contributed by atoms with van der Waals surface area (Å²) in [6, 6.07) is 39.9. The largest absolute Gasteiger partial charge is 0.465 e. The van der Waals surface area contributed by atoms with Crippen molar-refractivity contribution in [1.82, 2.24) is 0 Å². The molecule has 0 spiro atoms. The van der Waals surface area contributed by atoms with Gasteiger partial charge in [-0.1, -0.05) is 137 Å². The molecule has 0 saturated carbocycles. The third-order valence-corrected chi connectivity index (χ3v) is 6.69. The summed E-state index contributed by atoms with van der Waals surface area (Å²) in [5, 5.41) is -0.593. The van der Waals surface area contributed by atoms with E-state index in [4.69, 9.17) is 9.47 Å². The lowest BCUT2D eigenvalue weighted by molar-refractivity contribution is -0.135. The van der Waals surface area contributed by atoms with Crippen molar-refractivity contribution in [3.05, 3.63) is 155 Å². The quantitative estimate of drug-likeness (QED) is 0.101. The molecule has 0 radical (unpaired) electrons. The first-order valence-electron chi connectivity index (χ1n) is 11.6. The van der Waals surface area contributed by atoms with Crippen LogP contribution in [0.4, 0.5) is 0 Å². The fourth-order valence-electron chi connectivity index (χ4n) is 4.27. The summed E-state index contributed by atoms with van der Waals surface area (Å²) in [5.74, 6) is -0.446. The number of alkyl halides is 1. The zero-order valence-corrected chi connectivity index (χ0v) is 21.8. The highest BCUT2D eigenvalue weighted by Gasteiger charge is 2.31. The van der Waals surface area contributed by atoms with Gasteiger partial charge in [0.25, 0.3) is 0 Å². The number of halogens is 1. The highest BCUT2D eigenvalue weighted by Crippen LogP contribution is 2.40. The van der Waals surface area contributed by atoms with Gasteiger partial charge in [0.2, 0.25) is 0 Å². The summed E-state index contributed by atoms with van der Waals surface area (Å²) in [4.78, 5) is 13.7. The van der Waals surface area contributed by atoms with Gasteiger partial charge in [-0.05, 0) is 27.8 Å². The SMILES string of the molecule is COC(=O)C(=C(c1ccccc1)c1ccccc1)C(=C(c1ccccc1)c1ccccc1)C(Br)OC. The number of carbonyl (C=O) groups is 1. The van der Waals surface area contributed by atoms with Crippen LogP contribution >= 0.6 is 15.9 Å². The van der Waals surface area contributed by atoms with Crippen molar-refractivity contribution in [3.8, 4) is 0 Å². The monoisotopic (exact) mass is 538 g/mol. The first kappa shape index (κ1) is 25.4. The number of benzene rings is 4. The summed E-state index contributed by atoms with van der Waals surface area (Å²) < 4.78 is 11.3. The Hall–Kier alpha value is -3.73. The van der Waals surface area contributed by atoms with Crippen LogP contribution in [0.2, 0.25) is 0 Å². The Morgan fingerprint density at radius 2 is 0.917 bits per heavy atom. The minimum Gasteiger partial charge on any atom is -0.465 e. The van der Waals surface area contributed by atoms with Crippen LogP contribution in [-0.4, -0.2) is 25.2 Å². The Balaban J connectivity index is 2.23. The van der Waals surface area contributed by atoms with E-state index >= 15 is 0 Å². The van der Waals surface area contributed by atoms with Crippen molar-refractivity contribution in [2.45, 2.75) is 5.01 Å². The Morgan fingerprint density at radius 1 is 0.583 bits per heavy atom. The van der Waals surface area contributed by atoms with E-state index in [2.05, 4.69) is 15.9 Å². The van der Waals surface area contributed by atoms with Crippen LogP contribution in [0.25, 0.3) is 11.1 Å². The lowest BCUT2D eigenvalue weighted by Crippen LogP contribution is -2.19. The molecule has 0 aliphatic carbocycles. The van der Waals surface area contributed by atoms with Crippen LogP contribution in [0.3, 0.4) is 0 Å². The van der Waals surface area contributed by atoms with Crippen molar-refractivity contribution < 1.29 is 14.3 Å². The average molecular weight is 539 g/mol. The zero-order chi connectivity index (χ0) is 25.3. The second kappa shape index (κ2) is 12.3. The molecular formula is C32H27BrO3. The molecule has 0 aromatic heterocycles. The molecule has 4 heteroatoms. The maximum Gasteiger partial charge on any atom is 0.338 e. The van der Waals surface area contributed by atoms with Crippen LogP contribution in [0, 0.1) is 0 Å². The molecule has 3 nitrogen and oxygen atoms in total. The van der Waals surface area contributed by atoms with Crippen LogP contribution in [0.5, 0.6) is 0 Å². The number of rotatable bonds is 8. The topological polar surface area (TPSA) is 35.5 Å². The first-order chi connectivity index (χ1) is 17.7. The molecule has 4 rings (SSSR count). The zero-order valence-electron chi connectivity index (χ0n) is 20.2. The van der Waals surface area contributed by atoms with Gasteiger partial charge in [-0.3, -0.25) is 0 Å². The molecule has 36 heavy (non-hydrogen) atoms. The van der Waals surface area contributed by atoms with E-state index in [1.54, 1.807) is 7.11 Å². The summed E-state index contributed by atoms with van der Waals surface area (Å²) in [5.41, 5.74) is 6.49. The number of esters is 1. The van der Waals surface area contributed by atoms with E-state index in [1.165, 1.54) is 7.11 Å². The fourth-order valence-corrected chi connectivity index (χ4v) is 4.73. The van der Waals surface area contributed by atoms with Crippen molar-refractivity contribution in [3.63, 3.8) is 0 Å². The summed E-state index contributed by atoms with van der Waals surface area (Å²) in [6.45, 7) is 0. The van der Waals surface area contributed by atoms with Gasteiger partial charge < -0.3 is 9.47 Å². The second-order valence-electron chi connectivity index (χ2n) is 8.05. The minimum absolute atomic E-state index is 0.432. The van der Waals surface area contributed by atoms with E-state index in [0.717, 1.165) is 33.4 Å². The van der Waals surface area contributed by atoms with Gasteiger partial charge in [-0.2, -0.15) is 0 Å². The van der Waals surface area contributed by atoms with Crippen molar-refractivity contribution in [2.24, 2.45) is 0 Å². The number of methoxy groups -OCH3 is 2. The van der Waals surface area contributed by atoms with Gasteiger partial charge in [-0.15, -0.1) is 0 Å². The fraction of sp³-hybridized carbons (Fsp3) is 0.0938. The van der Waals surface area contributed by atoms with E-state index in [1.807, 2.05) is 121 Å². The third-order valence-electron chi connectivity index (χ3n) is 5.86. The molecule has 0 saturated heterocycles. The van der Waals surface area contributed by atoms with Gasteiger partial charge in [0.05, 0.1) is 12.7 Å². The first-order valence-corrected chi connectivity index (χ1v) is 12.5. The van der Waals surface area contributed by atoms with Crippen molar-refractivity contribution in [2.75, 3.05) is 14.2 Å². The van der Waals surface area contributed by atoms with Crippen molar-refractivity contribution in [1.29, 1.82) is 0 Å². The van der Waals surface area contributed by atoms with Gasteiger partial charge >= 0.3 is 5.97 Å². The minimum atomic E-state index is -0.593. The van der Waals surface area contributed by atoms with Crippen LogP contribution in [0.15, 0.2) is 132 Å². The Kier molecular flexibility index (Phi) is 8.66. The number of hydrogen-bond donors (Lipinski definition) is 0. The normalized spacial score (nSPS) is 11.3. The summed E-state index contributed by atoms with van der Waals surface area (Å²) in [7, 11) is 3.03. The van der Waals surface area contributed by atoms with E-state index in [-0.39, 0.29) is 0 Å². The lowest BCUT2D eigenvalue weighted by atomic mass is 9.84. The Bertz CT molecular complexity index is 1260. The molecule has 180 valence electrons. The molecule has 0 fully saturated rings. The molecule has 0 heterocycles. The number of ether oxygens (including phenoxy) is 2. The molecule has 0 amide bonds. The summed E-state index contributed by atoms with van der Waals surface area (Å²) in [6.07, 6.45) is 0. The van der Waals surface area contributed by atoms with E-state index in [0.29, 0.717) is 11.1 Å². The third kappa shape index (κ3) is 5.56. The molecular weight excluding hydrogens is 512 g/mol. The molecule has 4 aromatic carbocycles. The molecule has 1 atom stereocenters. The Morgan fingerprint density at radius 3 is 1.22 bits per heavy atom. The second-order valence-corrected chi connectivity index (χ2v) is 8.88. The average Bonchev–Trinajstić information content (AvgIpc) is 2.96. The lowest BCUT2D eigenvalue weighted by Gasteiger charge is -2.24. The number of carbonyl (C=O) groups excluding carboxylic acids is 1. The molecule has 0 bridgehead atoms. The maximum absolute atomic E-state index is 13.7. The predicted octanol–water partition coefficient (Wildman–Crippen LogP) is 7.53.